The third-order valence-corrected chi connectivity index (χ3v) is 2.38. The molecule has 4 nitrogen and oxygen atoms in total. The number of alkyl halides is 3. The Hall–Kier alpha value is -2.02. The maximum atomic E-state index is 12.5. The molecule has 0 bridgehead atoms. The van der Waals surface area contributed by atoms with E-state index in [2.05, 4.69) is 4.98 Å². The van der Waals surface area contributed by atoms with E-state index in [4.69, 9.17) is 14.9 Å². The molecule has 0 fully saturated rings. The highest BCUT2D eigenvalue weighted by Crippen LogP contribution is 2.30. The van der Waals surface area contributed by atoms with Gasteiger partial charge in [-0.05, 0) is 18.2 Å². The van der Waals surface area contributed by atoms with Crippen molar-refractivity contribution in [3.05, 3.63) is 47.5 Å². The monoisotopic (exact) mass is 272 g/mol. The highest BCUT2D eigenvalue weighted by molar-refractivity contribution is 5.29. The van der Waals surface area contributed by atoms with E-state index in [1.54, 1.807) is 12.1 Å². The number of hydrogen-bond acceptors (Lipinski definition) is 4. The Balaban J connectivity index is 2.21. The molecule has 0 aliphatic heterocycles. The molecule has 0 unspecified atom stereocenters. The first-order valence-corrected chi connectivity index (χ1v) is 5.43. The average molecular weight is 272 g/mol. The van der Waals surface area contributed by atoms with Gasteiger partial charge < -0.3 is 14.9 Å². The van der Waals surface area contributed by atoms with E-state index >= 15 is 0 Å². The molecule has 0 radical (unpaired) electrons. The molecular formula is C12H11F3N2O2. The van der Waals surface area contributed by atoms with Gasteiger partial charge in [0.2, 0.25) is 5.88 Å². The Labute approximate surface area is 107 Å². The fraction of sp³-hybridized carbons (Fsp3) is 0.250. The minimum atomic E-state index is -4.52. The lowest BCUT2D eigenvalue weighted by molar-refractivity contribution is -0.141. The smallest absolute Gasteiger partial charge is 0.433 e. The van der Waals surface area contributed by atoms with Crippen LogP contribution in [-0.2, 0) is 19.3 Å². The second-order valence-corrected chi connectivity index (χ2v) is 3.73. The van der Waals surface area contributed by atoms with Crippen LogP contribution in [0.25, 0.3) is 0 Å². The van der Waals surface area contributed by atoms with Crippen molar-refractivity contribution in [3.8, 4) is 5.88 Å². The molecule has 7 heteroatoms. The lowest BCUT2D eigenvalue weighted by Crippen LogP contribution is -2.11. The van der Waals surface area contributed by atoms with Crippen LogP contribution in [0.2, 0.25) is 0 Å². The summed E-state index contributed by atoms with van der Waals surface area (Å²) in [5, 5.41) is 0. The van der Waals surface area contributed by atoms with Crippen molar-refractivity contribution in [2.45, 2.75) is 19.3 Å². The minimum absolute atomic E-state index is 0.00564. The van der Waals surface area contributed by atoms with Crippen LogP contribution in [0.4, 0.5) is 13.2 Å². The summed E-state index contributed by atoms with van der Waals surface area (Å²) in [5.74, 6) is 0.357. The molecule has 2 aromatic rings. The average Bonchev–Trinajstić information content (AvgIpc) is 2.88. The summed E-state index contributed by atoms with van der Waals surface area (Å²) in [7, 11) is 0. The summed E-state index contributed by atoms with van der Waals surface area (Å²) in [5.41, 5.74) is 4.82. The van der Waals surface area contributed by atoms with Crippen molar-refractivity contribution >= 4 is 0 Å². The second-order valence-electron chi connectivity index (χ2n) is 3.73. The van der Waals surface area contributed by atoms with Crippen LogP contribution in [-0.4, -0.2) is 4.98 Å². The molecule has 0 aliphatic carbocycles. The van der Waals surface area contributed by atoms with Gasteiger partial charge in [-0.2, -0.15) is 13.2 Å². The van der Waals surface area contributed by atoms with Gasteiger partial charge in [0.05, 0.1) is 6.26 Å². The zero-order chi connectivity index (χ0) is 13.9. The summed E-state index contributed by atoms with van der Waals surface area (Å²) in [6.07, 6.45) is -3.07. The van der Waals surface area contributed by atoms with Gasteiger partial charge in [0.15, 0.2) is 0 Å². The van der Waals surface area contributed by atoms with Crippen molar-refractivity contribution in [2.24, 2.45) is 5.73 Å². The zero-order valence-corrected chi connectivity index (χ0v) is 9.78. The van der Waals surface area contributed by atoms with Gasteiger partial charge in [-0.3, -0.25) is 0 Å². The molecule has 0 spiro atoms. The number of aromatic nitrogens is 1. The largest absolute Gasteiger partial charge is 0.469 e. The summed E-state index contributed by atoms with van der Waals surface area (Å²) < 4.78 is 47.9. The third-order valence-electron chi connectivity index (χ3n) is 2.38. The zero-order valence-electron chi connectivity index (χ0n) is 9.78. The predicted octanol–water partition coefficient (Wildman–Crippen LogP) is 2.73. The maximum absolute atomic E-state index is 12.5. The number of ether oxygens (including phenoxy) is 1. The predicted molar refractivity (Wildman–Crippen MR) is 60.2 cm³/mol. The van der Waals surface area contributed by atoms with E-state index in [1.807, 2.05) is 0 Å². The second kappa shape index (κ2) is 5.31. The number of furan rings is 1. The Morgan fingerprint density at radius 2 is 2.05 bits per heavy atom. The molecule has 102 valence electrons. The number of pyridine rings is 1. The SMILES string of the molecule is NCc1ccc(C(F)(F)F)nc1OCc1ccco1. The topological polar surface area (TPSA) is 61.3 Å². The Morgan fingerprint density at radius 3 is 2.63 bits per heavy atom. The standard InChI is InChI=1S/C12H11F3N2O2/c13-12(14,15)10-4-3-8(6-16)11(17-10)19-7-9-2-1-5-18-9/h1-5H,6-7,16H2. The summed E-state index contributed by atoms with van der Waals surface area (Å²) in [4.78, 5) is 3.45. The van der Waals surface area contributed by atoms with E-state index in [0.717, 1.165) is 6.07 Å². The maximum Gasteiger partial charge on any atom is 0.433 e. The molecule has 2 rings (SSSR count). The highest BCUT2D eigenvalue weighted by atomic mass is 19.4. The Kier molecular flexibility index (Phi) is 3.75. The number of rotatable bonds is 4. The summed E-state index contributed by atoms with van der Waals surface area (Å²) in [6.45, 7) is 0.0347. The van der Waals surface area contributed by atoms with Gasteiger partial charge >= 0.3 is 6.18 Å². The first-order valence-electron chi connectivity index (χ1n) is 5.43. The van der Waals surface area contributed by atoms with Gasteiger partial charge in [0.1, 0.15) is 18.1 Å². The van der Waals surface area contributed by atoms with Crippen molar-refractivity contribution in [3.63, 3.8) is 0 Å². The van der Waals surface area contributed by atoms with Gasteiger partial charge in [0, 0.05) is 12.1 Å². The lowest BCUT2D eigenvalue weighted by atomic mass is 10.2. The van der Waals surface area contributed by atoms with Crippen molar-refractivity contribution in [1.29, 1.82) is 0 Å². The van der Waals surface area contributed by atoms with Crippen LogP contribution in [0.5, 0.6) is 5.88 Å². The minimum Gasteiger partial charge on any atom is -0.469 e. The van der Waals surface area contributed by atoms with Crippen molar-refractivity contribution in [2.75, 3.05) is 0 Å². The molecule has 2 N–H and O–H groups in total. The van der Waals surface area contributed by atoms with E-state index < -0.39 is 11.9 Å². The molecule has 2 heterocycles. The Morgan fingerprint density at radius 1 is 1.26 bits per heavy atom. The first-order chi connectivity index (χ1) is 9.00. The van der Waals surface area contributed by atoms with Crippen LogP contribution in [0.3, 0.4) is 0 Å². The van der Waals surface area contributed by atoms with Crippen LogP contribution < -0.4 is 10.5 Å². The summed E-state index contributed by atoms with van der Waals surface area (Å²) in [6, 6.07) is 5.44. The quantitative estimate of drug-likeness (QED) is 0.929. The number of nitrogens with zero attached hydrogens (tertiary/aromatic N) is 1. The molecule has 0 saturated heterocycles. The fourth-order valence-corrected chi connectivity index (χ4v) is 1.44. The normalized spacial score (nSPS) is 11.6. The Bertz CT molecular complexity index is 538. The van der Waals surface area contributed by atoms with Gasteiger partial charge in [-0.15, -0.1) is 0 Å². The molecule has 0 saturated carbocycles. The molecule has 2 aromatic heterocycles. The third kappa shape index (κ3) is 3.25. The van der Waals surface area contributed by atoms with Crippen LogP contribution in [0, 0.1) is 0 Å². The van der Waals surface area contributed by atoms with Crippen molar-refractivity contribution in [1.82, 2.24) is 4.98 Å². The first kappa shape index (κ1) is 13.4. The van der Waals surface area contributed by atoms with Gasteiger partial charge in [0.25, 0.3) is 0 Å². The number of nitrogens with two attached hydrogens (primary N) is 1. The molecular weight excluding hydrogens is 261 g/mol. The van der Waals surface area contributed by atoms with Gasteiger partial charge in [-0.1, -0.05) is 6.07 Å². The van der Waals surface area contributed by atoms with E-state index in [0.29, 0.717) is 11.3 Å². The fourth-order valence-electron chi connectivity index (χ4n) is 1.44. The molecule has 19 heavy (non-hydrogen) atoms. The highest BCUT2D eigenvalue weighted by Gasteiger charge is 2.33. The lowest BCUT2D eigenvalue weighted by Gasteiger charge is -2.11. The van der Waals surface area contributed by atoms with Crippen LogP contribution in [0.15, 0.2) is 34.9 Å². The number of hydrogen-bond donors (Lipinski definition) is 1. The molecule has 0 atom stereocenters. The van der Waals surface area contributed by atoms with Crippen LogP contribution >= 0.6 is 0 Å². The van der Waals surface area contributed by atoms with Crippen molar-refractivity contribution < 1.29 is 22.3 Å². The van der Waals surface area contributed by atoms with E-state index in [9.17, 15) is 13.2 Å². The van der Waals surface area contributed by atoms with E-state index in [-0.39, 0.29) is 19.0 Å². The summed E-state index contributed by atoms with van der Waals surface area (Å²) >= 11 is 0. The van der Waals surface area contributed by atoms with Gasteiger partial charge in [-0.25, -0.2) is 4.98 Å². The van der Waals surface area contributed by atoms with E-state index in [1.165, 1.54) is 12.3 Å². The van der Waals surface area contributed by atoms with Crippen LogP contribution in [0.1, 0.15) is 17.0 Å². The number of halogens is 3. The molecule has 0 amide bonds. The molecule has 0 aromatic carbocycles. The molecule has 0 aliphatic rings.